The van der Waals surface area contributed by atoms with Crippen molar-refractivity contribution in [3.63, 3.8) is 0 Å². The van der Waals surface area contributed by atoms with Crippen LogP contribution >= 0.6 is 0 Å². The Hall–Kier alpha value is -1.52. The van der Waals surface area contributed by atoms with Crippen molar-refractivity contribution in [2.24, 2.45) is 0 Å². The first kappa shape index (κ1) is 11.6. The van der Waals surface area contributed by atoms with Gasteiger partial charge in [0.15, 0.2) is 0 Å². The van der Waals surface area contributed by atoms with Crippen LogP contribution in [-0.4, -0.2) is 22.4 Å². The molecule has 1 heterocycles. The van der Waals surface area contributed by atoms with Crippen molar-refractivity contribution in [3.05, 3.63) is 11.8 Å². The lowest BCUT2D eigenvalue weighted by molar-refractivity contribution is 0.240. The summed E-state index contributed by atoms with van der Waals surface area (Å²) < 4.78 is 1.21. The van der Waals surface area contributed by atoms with Crippen LogP contribution in [0.1, 0.15) is 38.7 Å². The Labute approximate surface area is 89.6 Å². The van der Waals surface area contributed by atoms with Gasteiger partial charge in [0.1, 0.15) is 5.82 Å². The van der Waals surface area contributed by atoms with Gasteiger partial charge in [0.05, 0.1) is 6.20 Å². The molecule has 0 saturated heterocycles. The normalized spacial score (nSPS) is 10.7. The van der Waals surface area contributed by atoms with Crippen molar-refractivity contribution in [1.82, 2.24) is 15.1 Å². The quantitative estimate of drug-likeness (QED) is 0.795. The smallest absolute Gasteiger partial charge is 0.343 e. The molecule has 0 aliphatic rings. The minimum Gasteiger partial charge on any atom is -0.383 e. The molecule has 0 radical (unpaired) electrons. The molecule has 0 unspecified atom stereocenters. The number of nitrogens with zero attached hydrogens (tertiary/aromatic N) is 2. The van der Waals surface area contributed by atoms with E-state index in [-0.39, 0.29) is 11.9 Å². The van der Waals surface area contributed by atoms with Crippen molar-refractivity contribution >= 4 is 11.8 Å². The SMILES string of the molecule is CCCNC(=O)n1ncc(C(C)C)c1N. The zero-order valence-electron chi connectivity index (χ0n) is 9.45. The molecule has 0 aromatic carbocycles. The summed E-state index contributed by atoms with van der Waals surface area (Å²) in [6.45, 7) is 6.66. The summed E-state index contributed by atoms with van der Waals surface area (Å²) in [5.74, 6) is 0.705. The molecule has 5 heteroatoms. The topological polar surface area (TPSA) is 72.9 Å². The predicted molar refractivity (Wildman–Crippen MR) is 59.8 cm³/mol. The molecular weight excluding hydrogens is 192 g/mol. The van der Waals surface area contributed by atoms with E-state index in [1.807, 2.05) is 20.8 Å². The molecule has 0 spiro atoms. The molecule has 0 atom stereocenters. The fraction of sp³-hybridized carbons (Fsp3) is 0.600. The zero-order valence-corrected chi connectivity index (χ0v) is 9.45. The lowest BCUT2D eigenvalue weighted by Crippen LogP contribution is -2.30. The molecule has 3 N–H and O–H groups in total. The first-order valence-electron chi connectivity index (χ1n) is 5.19. The second kappa shape index (κ2) is 4.82. The summed E-state index contributed by atoms with van der Waals surface area (Å²) in [4.78, 5) is 11.6. The minimum absolute atomic E-state index is 0.263. The van der Waals surface area contributed by atoms with Gasteiger partial charge < -0.3 is 11.1 Å². The molecule has 0 fully saturated rings. The van der Waals surface area contributed by atoms with Gasteiger partial charge in [-0.15, -0.1) is 0 Å². The van der Waals surface area contributed by atoms with Crippen LogP contribution in [0.5, 0.6) is 0 Å². The van der Waals surface area contributed by atoms with Crippen molar-refractivity contribution in [2.45, 2.75) is 33.1 Å². The second-order valence-corrected chi connectivity index (χ2v) is 3.78. The number of carbonyl (C=O) groups excluding carboxylic acids is 1. The van der Waals surface area contributed by atoms with Gasteiger partial charge in [-0.2, -0.15) is 9.78 Å². The maximum atomic E-state index is 11.6. The molecule has 0 aliphatic carbocycles. The lowest BCUT2D eigenvalue weighted by atomic mass is 10.1. The molecule has 1 aromatic rings. The van der Waals surface area contributed by atoms with Crippen LogP contribution < -0.4 is 11.1 Å². The molecule has 15 heavy (non-hydrogen) atoms. The summed E-state index contributed by atoms with van der Waals surface area (Å²) in [6, 6.07) is -0.263. The summed E-state index contributed by atoms with van der Waals surface area (Å²) in [6.07, 6.45) is 2.54. The molecule has 5 nitrogen and oxygen atoms in total. The first-order valence-corrected chi connectivity index (χ1v) is 5.19. The molecule has 0 saturated carbocycles. The van der Waals surface area contributed by atoms with Crippen LogP contribution in [-0.2, 0) is 0 Å². The van der Waals surface area contributed by atoms with Gasteiger partial charge in [0.2, 0.25) is 0 Å². The summed E-state index contributed by atoms with van der Waals surface area (Å²) in [7, 11) is 0. The summed E-state index contributed by atoms with van der Waals surface area (Å²) in [5.41, 5.74) is 6.72. The van der Waals surface area contributed by atoms with Crippen LogP contribution in [0.25, 0.3) is 0 Å². The van der Waals surface area contributed by atoms with Gasteiger partial charge in [-0.3, -0.25) is 0 Å². The van der Waals surface area contributed by atoms with Crippen molar-refractivity contribution in [3.8, 4) is 0 Å². The molecule has 0 bridgehead atoms. The number of nitrogens with two attached hydrogens (primary N) is 1. The van der Waals surface area contributed by atoms with E-state index in [1.165, 1.54) is 4.68 Å². The summed E-state index contributed by atoms with van der Waals surface area (Å²) >= 11 is 0. The third-order valence-corrected chi connectivity index (χ3v) is 2.18. The van der Waals surface area contributed by atoms with Crippen LogP contribution in [0.2, 0.25) is 0 Å². The Morgan fingerprint density at radius 2 is 2.33 bits per heavy atom. The van der Waals surface area contributed by atoms with E-state index < -0.39 is 0 Å². The monoisotopic (exact) mass is 210 g/mol. The average Bonchev–Trinajstić information content (AvgIpc) is 2.56. The van der Waals surface area contributed by atoms with Gasteiger partial charge in [-0.05, 0) is 12.3 Å². The highest BCUT2D eigenvalue weighted by Gasteiger charge is 2.14. The first-order chi connectivity index (χ1) is 7.07. The Morgan fingerprint density at radius 1 is 1.67 bits per heavy atom. The third kappa shape index (κ3) is 2.49. The van der Waals surface area contributed by atoms with E-state index in [9.17, 15) is 4.79 Å². The van der Waals surface area contributed by atoms with Gasteiger partial charge in [0, 0.05) is 12.1 Å². The van der Waals surface area contributed by atoms with Gasteiger partial charge >= 0.3 is 6.03 Å². The maximum absolute atomic E-state index is 11.6. The molecular formula is C10H18N4O. The number of aromatic nitrogens is 2. The van der Waals surface area contributed by atoms with E-state index in [0.717, 1.165) is 12.0 Å². The number of anilines is 1. The van der Waals surface area contributed by atoms with Gasteiger partial charge in [-0.1, -0.05) is 20.8 Å². The van der Waals surface area contributed by atoms with E-state index in [1.54, 1.807) is 6.20 Å². The number of carbonyl (C=O) groups is 1. The molecule has 0 aliphatic heterocycles. The Balaban J connectivity index is 2.82. The van der Waals surface area contributed by atoms with E-state index in [0.29, 0.717) is 12.4 Å². The Morgan fingerprint density at radius 3 is 2.80 bits per heavy atom. The molecule has 1 rings (SSSR count). The zero-order chi connectivity index (χ0) is 11.4. The number of rotatable bonds is 3. The lowest BCUT2D eigenvalue weighted by Gasteiger charge is -2.06. The Kier molecular flexibility index (Phi) is 3.71. The summed E-state index contributed by atoms with van der Waals surface area (Å²) in [5, 5.41) is 6.69. The average molecular weight is 210 g/mol. The molecule has 84 valence electrons. The molecule has 1 aromatic heterocycles. The number of hydrogen-bond acceptors (Lipinski definition) is 3. The van der Waals surface area contributed by atoms with E-state index in [4.69, 9.17) is 5.73 Å². The number of amides is 1. The highest BCUT2D eigenvalue weighted by molar-refractivity contribution is 5.79. The maximum Gasteiger partial charge on any atom is 0.343 e. The molecule has 1 amide bonds. The number of nitrogens with one attached hydrogen (secondary N) is 1. The van der Waals surface area contributed by atoms with Crippen LogP contribution in [0.3, 0.4) is 0 Å². The minimum atomic E-state index is -0.263. The van der Waals surface area contributed by atoms with Crippen molar-refractivity contribution in [2.75, 3.05) is 12.3 Å². The van der Waals surface area contributed by atoms with Crippen molar-refractivity contribution in [1.29, 1.82) is 0 Å². The third-order valence-electron chi connectivity index (χ3n) is 2.18. The standard InChI is InChI=1S/C10H18N4O/c1-4-5-12-10(15)14-9(11)8(6-13-14)7(2)3/h6-7H,4-5,11H2,1-3H3,(H,12,15). The highest BCUT2D eigenvalue weighted by Crippen LogP contribution is 2.20. The second-order valence-electron chi connectivity index (χ2n) is 3.78. The van der Waals surface area contributed by atoms with Gasteiger partial charge in [0.25, 0.3) is 0 Å². The Bertz CT molecular complexity index is 343. The predicted octanol–water partition coefficient (Wildman–Crippen LogP) is 1.56. The van der Waals surface area contributed by atoms with Crippen LogP contribution in [0.15, 0.2) is 6.20 Å². The fourth-order valence-electron chi connectivity index (χ4n) is 1.28. The highest BCUT2D eigenvalue weighted by atomic mass is 16.2. The van der Waals surface area contributed by atoms with Gasteiger partial charge in [-0.25, -0.2) is 4.79 Å². The van der Waals surface area contributed by atoms with Crippen LogP contribution in [0.4, 0.5) is 10.6 Å². The fourth-order valence-corrected chi connectivity index (χ4v) is 1.28. The van der Waals surface area contributed by atoms with E-state index >= 15 is 0 Å². The van der Waals surface area contributed by atoms with Crippen molar-refractivity contribution < 1.29 is 4.79 Å². The largest absolute Gasteiger partial charge is 0.383 e. The number of nitrogen functional groups attached to an aromatic ring is 1. The van der Waals surface area contributed by atoms with Crippen LogP contribution in [0, 0.1) is 0 Å². The number of hydrogen-bond donors (Lipinski definition) is 2. The van der Waals surface area contributed by atoms with E-state index in [2.05, 4.69) is 10.4 Å².